The molecular formula is C15H21N3O2. The average Bonchev–Trinajstić information content (AvgIpc) is 2.93. The summed E-state index contributed by atoms with van der Waals surface area (Å²) in [6.45, 7) is 4.31. The van der Waals surface area contributed by atoms with Crippen LogP contribution in [0.3, 0.4) is 0 Å². The number of hydrogen-bond donors (Lipinski definition) is 2. The Morgan fingerprint density at radius 3 is 3.15 bits per heavy atom. The molecule has 2 fully saturated rings. The third-order valence-electron chi connectivity index (χ3n) is 3.91. The van der Waals surface area contributed by atoms with Gasteiger partial charge in [0.2, 0.25) is 0 Å². The number of nitrogens with one attached hydrogen (secondary N) is 2. The molecule has 5 nitrogen and oxygen atoms in total. The zero-order valence-electron chi connectivity index (χ0n) is 11.6. The lowest BCUT2D eigenvalue weighted by molar-refractivity contribution is 0.181. The van der Waals surface area contributed by atoms with Gasteiger partial charge in [0.05, 0.1) is 6.54 Å². The number of piperidine rings is 1. The van der Waals surface area contributed by atoms with Gasteiger partial charge in [0, 0.05) is 17.9 Å². The first-order chi connectivity index (χ1) is 9.83. The molecule has 1 aromatic rings. The topological polar surface area (TPSA) is 53.6 Å². The Bertz CT molecular complexity index is 472. The average molecular weight is 275 g/mol. The van der Waals surface area contributed by atoms with Gasteiger partial charge in [0.15, 0.2) is 0 Å². The van der Waals surface area contributed by atoms with E-state index in [0.29, 0.717) is 19.1 Å². The molecule has 2 heterocycles. The Hall–Kier alpha value is -1.75. The Morgan fingerprint density at radius 1 is 1.45 bits per heavy atom. The molecule has 0 spiro atoms. The fourth-order valence-corrected chi connectivity index (χ4v) is 2.77. The van der Waals surface area contributed by atoms with E-state index < -0.39 is 0 Å². The molecule has 2 N–H and O–H groups in total. The maximum Gasteiger partial charge on any atom is 0.414 e. The summed E-state index contributed by atoms with van der Waals surface area (Å²) in [6.07, 6.45) is 2.28. The van der Waals surface area contributed by atoms with E-state index in [1.54, 1.807) is 4.90 Å². The molecule has 108 valence electrons. The fraction of sp³-hybridized carbons (Fsp3) is 0.533. The van der Waals surface area contributed by atoms with Gasteiger partial charge in [-0.1, -0.05) is 6.07 Å². The van der Waals surface area contributed by atoms with Crippen LogP contribution in [0, 0.1) is 5.92 Å². The summed E-state index contributed by atoms with van der Waals surface area (Å²) in [5, 5.41) is 6.90. The van der Waals surface area contributed by atoms with E-state index in [9.17, 15) is 4.79 Å². The van der Waals surface area contributed by atoms with Crippen molar-refractivity contribution in [1.82, 2.24) is 5.32 Å². The monoisotopic (exact) mass is 275 g/mol. The summed E-state index contributed by atoms with van der Waals surface area (Å²) in [4.78, 5) is 13.2. The minimum atomic E-state index is -0.251. The van der Waals surface area contributed by atoms with Crippen molar-refractivity contribution >= 4 is 17.5 Å². The van der Waals surface area contributed by atoms with E-state index in [1.165, 1.54) is 12.8 Å². The Kier molecular flexibility index (Phi) is 4.06. The Morgan fingerprint density at radius 2 is 2.40 bits per heavy atom. The van der Waals surface area contributed by atoms with Gasteiger partial charge >= 0.3 is 6.09 Å². The number of nitrogens with zero attached hydrogens (tertiary/aromatic N) is 1. The highest BCUT2D eigenvalue weighted by Crippen LogP contribution is 2.23. The van der Waals surface area contributed by atoms with Gasteiger partial charge in [-0.25, -0.2) is 4.79 Å². The van der Waals surface area contributed by atoms with Gasteiger partial charge in [-0.2, -0.15) is 0 Å². The molecule has 0 aliphatic carbocycles. The number of rotatable bonds is 4. The van der Waals surface area contributed by atoms with Crippen LogP contribution in [0.5, 0.6) is 0 Å². The lowest BCUT2D eigenvalue weighted by Crippen LogP contribution is -2.33. The lowest BCUT2D eigenvalue weighted by atomic mass is 10.00. The van der Waals surface area contributed by atoms with Crippen LogP contribution in [0.2, 0.25) is 0 Å². The zero-order valence-corrected chi connectivity index (χ0v) is 11.6. The maximum absolute atomic E-state index is 11.6. The number of carbonyl (C=O) groups is 1. The van der Waals surface area contributed by atoms with E-state index in [2.05, 4.69) is 10.6 Å². The first-order valence-corrected chi connectivity index (χ1v) is 7.32. The fourth-order valence-electron chi connectivity index (χ4n) is 2.77. The molecule has 2 saturated heterocycles. The van der Waals surface area contributed by atoms with Crippen LogP contribution in [0.1, 0.15) is 12.8 Å². The summed E-state index contributed by atoms with van der Waals surface area (Å²) >= 11 is 0. The van der Waals surface area contributed by atoms with Crippen LogP contribution in [-0.2, 0) is 4.74 Å². The van der Waals surface area contributed by atoms with E-state index in [4.69, 9.17) is 4.74 Å². The highest BCUT2D eigenvalue weighted by molar-refractivity contribution is 5.89. The minimum Gasteiger partial charge on any atom is -0.447 e. The Balaban J connectivity index is 1.60. The highest BCUT2D eigenvalue weighted by atomic mass is 16.6. The number of amides is 1. The number of anilines is 2. The van der Waals surface area contributed by atoms with Crippen molar-refractivity contribution in [1.29, 1.82) is 0 Å². The third kappa shape index (κ3) is 3.04. The van der Waals surface area contributed by atoms with Crippen LogP contribution < -0.4 is 15.5 Å². The SMILES string of the molecule is O=C1OCCN1c1cccc(NCC2CCCNC2)c1. The number of carbonyl (C=O) groups excluding carboxylic acids is 1. The predicted octanol–water partition coefficient (Wildman–Crippen LogP) is 2.05. The summed E-state index contributed by atoms with van der Waals surface area (Å²) in [5.74, 6) is 0.684. The molecule has 1 amide bonds. The number of cyclic esters (lactones) is 1. The second kappa shape index (κ2) is 6.13. The minimum absolute atomic E-state index is 0.251. The molecule has 1 unspecified atom stereocenters. The first kappa shape index (κ1) is 13.2. The van der Waals surface area contributed by atoms with Gasteiger partial charge in [-0.3, -0.25) is 4.90 Å². The van der Waals surface area contributed by atoms with E-state index in [1.807, 2.05) is 24.3 Å². The van der Waals surface area contributed by atoms with Gasteiger partial charge in [-0.05, 0) is 50.0 Å². The standard InChI is InChI=1S/C15H21N3O2/c19-15-18(7-8-20-15)14-5-1-4-13(9-14)17-11-12-3-2-6-16-10-12/h1,4-5,9,12,16-17H,2-3,6-8,10-11H2. The summed E-state index contributed by atoms with van der Waals surface area (Å²) in [7, 11) is 0. The van der Waals surface area contributed by atoms with Crippen molar-refractivity contribution in [3.8, 4) is 0 Å². The van der Waals surface area contributed by atoms with Crippen molar-refractivity contribution in [2.24, 2.45) is 5.92 Å². The van der Waals surface area contributed by atoms with Crippen LogP contribution in [-0.4, -0.2) is 38.9 Å². The smallest absolute Gasteiger partial charge is 0.414 e. The Labute approximate surface area is 119 Å². The van der Waals surface area contributed by atoms with Gasteiger partial charge in [0.25, 0.3) is 0 Å². The molecule has 0 radical (unpaired) electrons. The molecule has 1 aromatic carbocycles. The summed E-state index contributed by atoms with van der Waals surface area (Å²) in [6, 6.07) is 7.98. The lowest BCUT2D eigenvalue weighted by Gasteiger charge is -2.23. The molecule has 0 saturated carbocycles. The number of benzene rings is 1. The molecule has 1 atom stereocenters. The quantitative estimate of drug-likeness (QED) is 0.883. The predicted molar refractivity (Wildman–Crippen MR) is 79.2 cm³/mol. The van der Waals surface area contributed by atoms with Crippen molar-refractivity contribution in [2.75, 3.05) is 43.0 Å². The zero-order chi connectivity index (χ0) is 13.8. The molecule has 0 aromatic heterocycles. The molecule has 3 rings (SSSR count). The number of ether oxygens (including phenoxy) is 1. The molecular weight excluding hydrogens is 254 g/mol. The number of hydrogen-bond acceptors (Lipinski definition) is 4. The maximum atomic E-state index is 11.6. The van der Waals surface area contributed by atoms with Gasteiger partial charge in [0.1, 0.15) is 6.61 Å². The first-order valence-electron chi connectivity index (χ1n) is 7.32. The van der Waals surface area contributed by atoms with Crippen LogP contribution >= 0.6 is 0 Å². The molecule has 20 heavy (non-hydrogen) atoms. The van der Waals surface area contributed by atoms with E-state index in [-0.39, 0.29) is 6.09 Å². The normalized spacial score (nSPS) is 22.7. The van der Waals surface area contributed by atoms with Crippen LogP contribution in [0.25, 0.3) is 0 Å². The van der Waals surface area contributed by atoms with Crippen molar-refractivity contribution in [3.05, 3.63) is 24.3 Å². The third-order valence-corrected chi connectivity index (χ3v) is 3.91. The van der Waals surface area contributed by atoms with E-state index >= 15 is 0 Å². The van der Waals surface area contributed by atoms with E-state index in [0.717, 1.165) is 31.0 Å². The van der Waals surface area contributed by atoms with Crippen LogP contribution in [0.4, 0.5) is 16.2 Å². The summed E-state index contributed by atoms with van der Waals surface area (Å²) in [5.41, 5.74) is 1.96. The summed E-state index contributed by atoms with van der Waals surface area (Å²) < 4.78 is 4.97. The molecule has 0 bridgehead atoms. The van der Waals surface area contributed by atoms with Crippen molar-refractivity contribution in [2.45, 2.75) is 12.8 Å². The largest absolute Gasteiger partial charge is 0.447 e. The molecule has 2 aliphatic rings. The highest BCUT2D eigenvalue weighted by Gasteiger charge is 2.23. The second-order valence-corrected chi connectivity index (χ2v) is 5.41. The van der Waals surface area contributed by atoms with Gasteiger partial charge < -0.3 is 15.4 Å². The second-order valence-electron chi connectivity index (χ2n) is 5.41. The van der Waals surface area contributed by atoms with Crippen molar-refractivity contribution < 1.29 is 9.53 Å². The molecule has 5 heteroatoms. The van der Waals surface area contributed by atoms with Gasteiger partial charge in [-0.15, -0.1) is 0 Å². The molecule has 2 aliphatic heterocycles. The van der Waals surface area contributed by atoms with Crippen molar-refractivity contribution in [3.63, 3.8) is 0 Å². The van der Waals surface area contributed by atoms with Crippen LogP contribution in [0.15, 0.2) is 24.3 Å².